The molecule has 2 rings (SSSR count). The van der Waals surface area contributed by atoms with Gasteiger partial charge in [-0.2, -0.15) is 11.8 Å². The number of benzene rings is 1. The smallest absolute Gasteiger partial charge is 0.238 e. The van der Waals surface area contributed by atoms with Crippen molar-refractivity contribution >= 4 is 35.0 Å². The van der Waals surface area contributed by atoms with Crippen LogP contribution in [0.25, 0.3) is 0 Å². The summed E-state index contributed by atoms with van der Waals surface area (Å²) in [6.07, 6.45) is 3.27. The lowest BCUT2D eigenvalue weighted by Gasteiger charge is -2.15. The van der Waals surface area contributed by atoms with E-state index < -0.39 is 0 Å². The second kappa shape index (κ2) is 7.47. The SMILES string of the molecule is CS[C@H]1CCN(CC(=O)Nc2ccc(NC(C)=O)cc2)C1. The van der Waals surface area contributed by atoms with E-state index in [9.17, 15) is 9.59 Å². The maximum atomic E-state index is 12.0. The van der Waals surface area contributed by atoms with Crippen molar-refractivity contribution in [3.63, 3.8) is 0 Å². The molecule has 21 heavy (non-hydrogen) atoms. The molecule has 0 unspecified atom stereocenters. The van der Waals surface area contributed by atoms with Crippen LogP contribution < -0.4 is 10.6 Å². The Morgan fingerprint density at radius 2 is 1.86 bits per heavy atom. The van der Waals surface area contributed by atoms with Gasteiger partial charge in [0.2, 0.25) is 11.8 Å². The lowest BCUT2D eigenvalue weighted by atomic mass is 10.2. The van der Waals surface area contributed by atoms with E-state index in [0.717, 1.165) is 30.9 Å². The van der Waals surface area contributed by atoms with Crippen LogP contribution in [0.3, 0.4) is 0 Å². The molecule has 1 atom stereocenters. The van der Waals surface area contributed by atoms with Crippen LogP contribution in [0.4, 0.5) is 11.4 Å². The summed E-state index contributed by atoms with van der Waals surface area (Å²) < 4.78 is 0. The molecule has 1 aromatic carbocycles. The molecule has 0 bridgehead atoms. The summed E-state index contributed by atoms with van der Waals surface area (Å²) in [5.41, 5.74) is 1.47. The van der Waals surface area contributed by atoms with Gasteiger partial charge in [-0.15, -0.1) is 0 Å². The summed E-state index contributed by atoms with van der Waals surface area (Å²) in [6, 6.07) is 7.13. The molecular formula is C15H21N3O2S. The highest BCUT2D eigenvalue weighted by molar-refractivity contribution is 7.99. The van der Waals surface area contributed by atoms with E-state index in [1.165, 1.54) is 6.92 Å². The Bertz CT molecular complexity index is 504. The number of amides is 2. The average Bonchev–Trinajstić information content (AvgIpc) is 2.88. The van der Waals surface area contributed by atoms with Gasteiger partial charge in [-0.3, -0.25) is 14.5 Å². The molecule has 1 aromatic rings. The van der Waals surface area contributed by atoms with Crippen LogP contribution in [-0.2, 0) is 9.59 Å². The highest BCUT2D eigenvalue weighted by Crippen LogP contribution is 2.20. The number of carbonyl (C=O) groups is 2. The van der Waals surface area contributed by atoms with Gasteiger partial charge in [0.05, 0.1) is 6.54 Å². The number of hydrogen-bond donors (Lipinski definition) is 2. The number of nitrogens with one attached hydrogen (secondary N) is 2. The van der Waals surface area contributed by atoms with Crippen molar-refractivity contribution in [3.8, 4) is 0 Å². The van der Waals surface area contributed by atoms with E-state index in [1.54, 1.807) is 24.3 Å². The van der Waals surface area contributed by atoms with Crippen LogP contribution in [0.2, 0.25) is 0 Å². The Balaban J connectivity index is 1.81. The third-order valence-electron chi connectivity index (χ3n) is 3.42. The highest BCUT2D eigenvalue weighted by atomic mass is 32.2. The Morgan fingerprint density at radius 3 is 2.38 bits per heavy atom. The second-order valence-electron chi connectivity index (χ2n) is 5.19. The van der Waals surface area contributed by atoms with Gasteiger partial charge in [-0.25, -0.2) is 0 Å². The van der Waals surface area contributed by atoms with Gasteiger partial charge in [0, 0.05) is 30.1 Å². The number of anilines is 2. The van der Waals surface area contributed by atoms with E-state index in [1.807, 2.05) is 11.8 Å². The summed E-state index contributed by atoms with van der Waals surface area (Å²) >= 11 is 1.87. The standard InChI is InChI=1S/C15H21N3O2S/c1-11(19)16-12-3-5-13(6-4-12)17-15(20)10-18-8-7-14(9-18)21-2/h3-6,14H,7-10H2,1-2H3,(H,16,19)(H,17,20)/t14-/m0/s1. The van der Waals surface area contributed by atoms with E-state index in [0.29, 0.717) is 11.8 Å². The molecule has 114 valence electrons. The lowest BCUT2D eigenvalue weighted by molar-refractivity contribution is -0.117. The number of nitrogens with zero attached hydrogens (tertiary/aromatic N) is 1. The molecule has 1 heterocycles. The predicted molar refractivity (Wildman–Crippen MR) is 87.7 cm³/mol. The van der Waals surface area contributed by atoms with E-state index >= 15 is 0 Å². The molecule has 0 aliphatic carbocycles. The maximum absolute atomic E-state index is 12.0. The second-order valence-corrected chi connectivity index (χ2v) is 6.33. The fourth-order valence-corrected chi connectivity index (χ4v) is 3.08. The molecule has 0 aromatic heterocycles. The van der Waals surface area contributed by atoms with Crippen molar-refractivity contribution in [1.82, 2.24) is 4.90 Å². The van der Waals surface area contributed by atoms with Crippen LogP contribution in [0.15, 0.2) is 24.3 Å². The highest BCUT2D eigenvalue weighted by Gasteiger charge is 2.23. The minimum Gasteiger partial charge on any atom is -0.326 e. The predicted octanol–water partition coefficient (Wildman–Crippen LogP) is 2.02. The van der Waals surface area contributed by atoms with Gasteiger partial charge in [-0.05, 0) is 43.5 Å². The fraction of sp³-hybridized carbons (Fsp3) is 0.467. The molecule has 1 aliphatic heterocycles. The number of likely N-dealkylation sites (tertiary alicyclic amines) is 1. The molecule has 1 aliphatic rings. The average molecular weight is 307 g/mol. The van der Waals surface area contributed by atoms with Gasteiger partial charge >= 0.3 is 0 Å². The van der Waals surface area contributed by atoms with Crippen molar-refractivity contribution < 1.29 is 9.59 Å². The molecule has 2 N–H and O–H groups in total. The largest absolute Gasteiger partial charge is 0.326 e. The summed E-state index contributed by atoms with van der Waals surface area (Å²) in [6.45, 7) is 3.87. The monoisotopic (exact) mass is 307 g/mol. The zero-order chi connectivity index (χ0) is 15.2. The topological polar surface area (TPSA) is 61.4 Å². The molecule has 0 radical (unpaired) electrons. The van der Waals surface area contributed by atoms with Crippen LogP contribution >= 0.6 is 11.8 Å². The van der Waals surface area contributed by atoms with Crippen LogP contribution in [0.1, 0.15) is 13.3 Å². The molecule has 0 spiro atoms. The van der Waals surface area contributed by atoms with Crippen LogP contribution in [0.5, 0.6) is 0 Å². The first-order valence-corrected chi connectivity index (χ1v) is 8.28. The number of hydrogen-bond acceptors (Lipinski definition) is 4. The van der Waals surface area contributed by atoms with E-state index in [-0.39, 0.29) is 11.8 Å². The summed E-state index contributed by atoms with van der Waals surface area (Å²) in [7, 11) is 0. The van der Waals surface area contributed by atoms with Crippen LogP contribution in [0, 0.1) is 0 Å². The van der Waals surface area contributed by atoms with Gasteiger partial charge in [0.1, 0.15) is 0 Å². The molecule has 1 saturated heterocycles. The van der Waals surface area contributed by atoms with Gasteiger partial charge in [0.25, 0.3) is 0 Å². The Kier molecular flexibility index (Phi) is 5.64. The number of carbonyl (C=O) groups excluding carboxylic acids is 2. The van der Waals surface area contributed by atoms with Gasteiger partial charge < -0.3 is 10.6 Å². The quantitative estimate of drug-likeness (QED) is 0.874. The summed E-state index contributed by atoms with van der Waals surface area (Å²) in [5.74, 6) is -0.104. The molecule has 1 fully saturated rings. The molecule has 5 nitrogen and oxygen atoms in total. The summed E-state index contributed by atoms with van der Waals surface area (Å²) in [4.78, 5) is 25.1. The Morgan fingerprint density at radius 1 is 1.24 bits per heavy atom. The third kappa shape index (κ3) is 5.06. The van der Waals surface area contributed by atoms with E-state index in [2.05, 4.69) is 21.8 Å². The zero-order valence-electron chi connectivity index (χ0n) is 12.4. The Hall–Kier alpha value is -1.53. The van der Waals surface area contributed by atoms with Crippen molar-refractivity contribution in [1.29, 1.82) is 0 Å². The van der Waals surface area contributed by atoms with Gasteiger partial charge in [-0.1, -0.05) is 0 Å². The van der Waals surface area contributed by atoms with E-state index in [4.69, 9.17) is 0 Å². The first kappa shape index (κ1) is 15.9. The van der Waals surface area contributed by atoms with Crippen molar-refractivity contribution in [2.24, 2.45) is 0 Å². The first-order valence-electron chi connectivity index (χ1n) is 6.99. The van der Waals surface area contributed by atoms with Crippen molar-refractivity contribution in [2.75, 3.05) is 36.5 Å². The normalized spacial score (nSPS) is 18.5. The number of rotatable bonds is 5. The minimum atomic E-state index is -0.107. The first-order chi connectivity index (χ1) is 10.1. The number of thioether (sulfide) groups is 1. The maximum Gasteiger partial charge on any atom is 0.238 e. The fourth-order valence-electron chi connectivity index (χ4n) is 2.38. The van der Waals surface area contributed by atoms with Gasteiger partial charge in [0.15, 0.2) is 0 Å². The van der Waals surface area contributed by atoms with Crippen molar-refractivity contribution in [3.05, 3.63) is 24.3 Å². The Labute approximate surface area is 129 Å². The van der Waals surface area contributed by atoms with Crippen molar-refractivity contribution in [2.45, 2.75) is 18.6 Å². The minimum absolute atomic E-state index is 0.00373. The summed E-state index contributed by atoms with van der Waals surface area (Å²) in [5, 5.41) is 6.22. The van der Waals surface area contributed by atoms with Crippen LogP contribution in [-0.4, -0.2) is 47.9 Å². The lowest BCUT2D eigenvalue weighted by Crippen LogP contribution is -2.31. The molecule has 2 amide bonds. The molecular weight excluding hydrogens is 286 g/mol. The third-order valence-corrected chi connectivity index (χ3v) is 4.47. The zero-order valence-corrected chi connectivity index (χ0v) is 13.2. The molecule has 0 saturated carbocycles. The molecule has 6 heteroatoms.